The normalized spacial score (nSPS) is 29.0. The number of hydrogen-bond acceptors (Lipinski definition) is 3. The molecule has 3 atom stereocenters. The zero-order chi connectivity index (χ0) is 12.0. The summed E-state index contributed by atoms with van der Waals surface area (Å²) in [6.07, 6.45) is 5.43. The van der Waals surface area contributed by atoms with Crippen molar-refractivity contribution < 1.29 is 5.21 Å². The molecular weight excluding hydrogens is 202 g/mol. The van der Waals surface area contributed by atoms with Gasteiger partial charge in [0, 0.05) is 12.5 Å². The lowest BCUT2D eigenvalue weighted by Gasteiger charge is -2.27. The lowest BCUT2D eigenvalue weighted by molar-refractivity contribution is 0.273. The topological polar surface area (TPSA) is 70.6 Å². The molecule has 16 heavy (non-hydrogen) atoms. The van der Waals surface area contributed by atoms with Crippen molar-refractivity contribution in [3.63, 3.8) is 0 Å². The number of rotatable bonds is 5. The number of amidine groups is 1. The first-order valence-electron chi connectivity index (χ1n) is 6.31. The van der Waals surface area contributed by atoms with Crippen LogP contribution in [0.4, 0.5) is 0 Å². The zero-order valence-electron chi connectivity index (χ0n) is 10.4. The second kappa shape index (κ2) is 6.74. The van der Waals surface area contributed by atoms with Gasteiger partial charge in [0.05, 0.1) is 0 Å². The molecule has 1 saturated carbocycles. The Balaban J connectivity index is 2.15. The average molecular weight is 227 g/mol. The molecule has 0 amide bonds. The second-order valence-corrected chi connectivity index (χ2v) is 5.22. The molecule has 0 aliphatic heterocycles. The van der Waals surface area contributed by atoms with Crippen molar-refractivity contribution in [1.82, 2.24) is 5.32 Å². The van der Waals surface area contributed by atoms with Crippen LogP contribution in [0.15, 0.2) is 5.16 Å². The van der Waals surface area contributed by atoms with Crippen LogP contribution < -0.4 is 11.1 Å². The van der Waals surface area contributed by atoms with Gasteiger partial charge in [-0.1, -0.05) is 31.8 Å². The Labute approximate surface area is 98.3 Å². The van der Waals surface area contributed by atoms with Crippen LogP contribution >= 0.6 is 0 Å². The quantitative estimate of drug-likeness (QED) is 0.290. The van der Waals surface area contributed by atoms with E-state index >= 15 is 0 Å². The van der Waals surface area contributed by atoms with Crippen molar-refractivity contribution in [2.75, 3.05) is 13.1 Å². The Bertz CT molecular complexity index is 230. The van der Waals surface area contributed by atoms with Gasteiger partial charge in [0.2, 0.25) is 0 Å². The van der Waals surface area contributed by atoms with E-state index in [2.05, 4.69) is 17.4 Å². The van der Waals surface area contributed by atoms with E-state index in [9.17, 15) is 0 Å². The van der Waals surface area contributed by atoms with E-state index in [-0.39, 0.29) is 5.92 Å². The van der Waals surface area contributed by atoms with E-state index in [0.29, 0.717) is 5.84 Å². The maximum atomic E-state index is 8.52. The third kappa shape index (κ3) is 4.39. The first-order chi connectivity index (χ1) is 7.63. The van der Waals surface area contributed by atoms with Gasteiger partial charge in [-0.05, 0) is 31.2 Å². The molecule has 1 aliphatic carbocycles. The van der Waals surface area contributed by atoms with Crippen molar-refractivity contribution in [3.05, 3.63) is 0 Å². The minimum Gasteiger partial charge on any atom is -0.409 e. The summed E-state index contributed by atoms with van der Waals surface area (Å²) in [4.78, 5) is 0. The fraction of sp³-hybridized carbons (Fsp3) is 0.917. The molecule has 0 aromatic carbocycles. The Morgan fingerprint density at radius 3 is 2.94 bits per heavy atom. The van der Waals surface area contributed by atoms with Gasteiger partial charge in [0.1, 0.15) is 5.84 Å². The van der Waals surface area contributed by atoms with E-state index in [4.69, 9.17) is 10.9 Å². The highest BCUT2D eigenvalue weighted by molar-refractivity contribution is 5.82. The molecule has 0 saturated heterocycles. The molecular formula is C12H25N3O. The molecule has 3 unspecified atom stereocenters. The molecule has 4 heteroatoms. The lowest BCUT2D eigenvalue weighted by atomic mass is 9.82. The largest absolute Gasteiger partial charge is 0.409 e. The molecule has 4 N–H and O–H groups in total. The van der Waals surface area contributed by atoms with Crippen LogP contribution in [0.2, 0.25) is 0 Å². The first kappa shape index (κ1) is 13.3. The van der Waals surface area contributed by atoms with E-state index in [1.807, 2.05) is 6.92 Å². The third-order valence-electron chi connectivity index (χ3n) is 3.55. The van der Waals surface area contributed by atoms with Gasteiger partial charge in [-0.3, -0.25) is 0 Å². The third-order valence-corrected chi connectivity index (χ3v) is 3.55. The summed E-state index contributed by atoms with van der Waals surface area (Å²) in [6, 6.07) is 0. The van der Waals surface area contributed by atoms with Gasteiger partial charge in [-0.25, -0.2) is 0 Å². The van der Waals surface area contributed by atoms with Crippen LogP contribution in [0.1, 0.15) is 39.5 Å². The Hall–Kier alpha value is -0.770. The molecule has 94 valence electrons. The molecule has 4 nitrogen and oxygen atoms in total. The maximum Gasteiger partial charge on any atom is 0.143 e. The fourth-order valence-electron chi connectivity index (χ4n) is 2.45. The number of hydrogen-bond donors (Lipinski definition) is 3. The number of nitrogens with two attached hydrogens (primary N) is 1. The minimum absolute atomic E-state index is 0.103. The van der Waals surface area contributed by atoms with E-state index in [0.717, 1.165) is 24.9 Å². The van der Waals surface area contributed by atoms with Crippen LogP contribution in [0.5, 0.6) is 0 Å². The number of oxime groups is 1. The maximum absolute atomic E-state index is 8.52. The van der Waals surface area contributed by atoms with Crippen molar-refractivity contribution in [2.45, 2.75) is 39.5 Å². The van der Waals surface area contributed by atoms with Gasteiger partial charge in [-0.15, -0.1) is 0 Å². The first-order valence-corrected chi connectivity index (χ1v) is 6.31. The van der Waals surface area contributed by atoms with E-state index in [1.54, 1.807) is 0 Å². The van der Waals surface area contributed by atoms with Crippen LogP contribution in [0.25, 0.3) is 0 Å². The van der Waals surface area contributed by atoms with Gasteiger partial charge in [0.15, 0.2) is 0 Å². The van der Waals surface area contributed by atoms with E-state index in [1.165, 1.54) is 25.7 Å². The monoisotopic (exact) mass is 227 g/mol. The molecule has 0 heterocycles. The van der Waals surface area contributed by atoms with E-state index < -0.39 is 0 Å². The molecule has 0 aromatic rings. The summed E-state index contributed by atoms with van der Waals surface area (Å²) in [5, 5.41) is 15.0. The molecule has 0 bridgehead atoms. The Morgan fingerprint density at radius 2 is 2.31 bits per heavy atom. The van der Waals surface area contributed by atoms with Crippen molar-refractivity contribution in [1.29, 1.82) is 0 Å². The molecule has 1 fully saturated rings. The average Bonchev–Trinajstić information content (AvgIpc) is 2.28. The van der Waals surface area contributed by atoms with Gasteiger partial charge in [-0.2, -0.15) is 0 Å². The van der Waals surface area contributed by atoms with Gasteiger partial charge < -0.3 is 16.3 Å². The van der Waals surface area contributed by atoms with Gasteiger partial charge in [0.25, 0.3) is 0 Å². The lowest BCUT2D eigenvalue weighted by Crippen LogP contribution is -2.34. The zero-order valence-corrected chi connectivity index (χ0v) is 10.4. The van der Waals surface area contributed by atoms with Crippen molar-refractivity contribution in [3.8, 4) is 0 Å². The summed E-state index contributed by atoms with van der Waals surface area (Å²) < 4.78 is 0. The minimum atomic E-state index is 0.103. The highest BCUT2D eigenvalue weighted by Crippen LogP contribution is 2.27. The van der Waals surface area contributed by atoms with Gasteiger partial charge >= 0.3 is 0 Å². The standard InChI is InChI=1S/C12H25N3O/c1-9-4-3-5-11(6-9)8-14-7-10(2)12(13)15-16/h9-11,14,16H,3-8H2,1-2H3,(H2,13,15). The molecule has 0 aromatic heterocycles. The molecule has 1 aliphatic rings. The smallest absolute Gasteiger partial charge is 0.143 e. The highest BCUT2D eigenvalue weighted by Gasteiger charge is 2.18. The molecule has 1 rings (SSSR count). The SMILES string of the molecule is CC1CCCC(CNCC(C)C(N)=NO)C1. The predicted molar refractivity (Wildman–Crippen MR) is 66.6 cm³/mol. The Kier molecular flexibility index (Phi) is 5.60. The molecule has 0 spiro atoms. The van der Waals surface area contributed by atoms with Crippen molar-refractivity contribution >= 4 is 5.84 Å². The van der Waals surface area contributed by atoms with Crippen LogP contribution in [-0.2, 0) is 0 Å². The summed E-state index contributed by atoms with van der Waals surface area (Å²) in [7, 11) is 0. The summed E-state index contributed by atoms with van der Waals surface area (Å²) in [5.74, 6) is 2.10. The molecule has 0 radical (unpaired) electrons. The van der Waals surface area contributed by atoms with Crippen LogP contribution in [0.3, 0.4) is 0 Å². The Morgan fingerprint density at radius 1 is 1.56 bits per heavy atom. The number of nitrogens with zero attached hydrogens (tertiary/aromatic N) is 1. The van der Waals surface area contributed by atoms with Crippen LogP contribution in [0, 0.1) is 17.8 Å². The second-order valence-electron chi connectivity index (χ2n) is 5.22. The predicted octanol–water partition coefficient (Wildman–Crippen LogP) is 1.78. The summed E-state index contributed by atoms with van der Waals surface area (Å²) in [6.45, 7) is 6.16. The summed E-state index contributed by atoms with van der Waals surface area (Å²) >= 11 is 0. The van der Waals surface area contributed by atoms with Crippen LogP contribution in [-0.4, -0.2) is 24.1 Å². The number of nitrogens with one attached hydrogen (secondary N) is 1. The fourth-order valence-corrected chi connectivity index (χ4v) is 2.45. The highest BCUT2D eigenvalue weighted by atomic mass is 16.4. The van der Waals surface area contributed by atoms with Crippen molar-refractivity contribution in [2.24, 2.45) is 28.6 Å². The summed E-state index contributed by atoms with van der Waals surface area (Å²) in [5.41, 5.74) is 5.52.